The van der Waals surface area contributed by atoms with Crippen molar-refractivity contribution in [1.82, 2.24) is 5.32 Å². The minimum absolute atomic E-state index is 0.0909. The van der Waals surface area contributed by atoms with Gasteiger partial charge in [0.05, 0.1) is 7.11 Å². The summed E-state index contributed by atoms with van der Waals surface area (Å²) in [5.41, 5.74) is -0.160. The van der Waals surface area contributed by atoms with Crippen LogP contribution in [-0.2, 0) is 19.1 Å². The third-order valence-electron chi connectivity index (χ3n) is 10.1. The van der Waals surface area contributed by atoms with Crippen molar-refractivity contribution in [2.24, 2.45) is 46.3 Å². The van der Waals surface area contributed by atoms with Gasteiger partial charge in [-0.1, -0.05) is 20.8 Å². The normalized spacial score (nSPS) is 44.2. The number of ketones is 1. The molecule has 4 fully saturated rings. The molecule has 30 heavy (non-hydrogen) atoms. The molecule has 0 radical (unpaired) electrons. The zero-order valence-corrected chi connectivity index (χ0v) is 19.2. The highest BCUT2D eigenvalue weighted by Crippen LogP contribution is 2.66. The molecule has 3 saturated carbocycles. The van der Waals surface area contributed by atoms with Gasteiger partial charge in [0.1, 0.15) is 5.78 Å². The first-order valence-electron chi connectivity index (χ1n) is 12.1. The summed E-state index contributed by atoms with van der Waals surface area (Å²) in [4.78, 5) is 37.6. The SMILES string of the molecule is COC(=O)CC[C@@H](C)[C@H]1CC[C@H]2[C@@H]3CC[C@@H]4CC(=O)NCC[C@]4(C)[C@H]3CC(=O)[C@]12C. The number of hydrogen-bond donors (Lipinski definition) is 1. The Kier molecular flexibility index (Phi) is 5.78. The van der Waals surface area contributed by atoms with Crippen LogP contribution >= 0.6 is 0 Å². The maximum Gasteiger partial charge on any atom is 0.305 e. The molecule has 1 saturated heterocycles. The van der Waals surface area contributed by atoms with Gasteiger partial charge in [-0.05, 0) is 79.4 Å². The second-order valence-electron chi connectivity index (χ2n) is 11.1. The summed E-state index contributed by atoms with van der Waals surface area (Å²) in [5, 5.41) is 3.07. The molecule has 0 spiro atoms. The highest BCUT2D eigenvalue weighted by molar-refractivity contribution is 5.87. The number of methoxy groups -OCH3 is 1. The number of carbonyl (C=O) groups is 3. The Hall–Kier alpha value is -1.39. The summed E-state index contributed by atoms with van der Waals surface area (Å²) in [6, 6.07) is 0. The van der Waals surface area contributed by atoms with Gasteiger partial charge in [0, 0.05) is 31.2 Å². The molecule has 1 amide bonds. The first-order valence-corrected chi connectivity index (χ1v) is 12.1. The molecule has 4 rings (SSSR count). The molecule has 8 atom stereocenters. The molecule has 0 unspecified atom stereocenters. The fourth-order valence-electron chi connectivity index (χ4n) is 8.32. The van der Waals surface area contributed by atoms with Crippen molar-refractivity contribution in [1.29, 1.82) is 0 Å². The molecule has 5 nitrogen and oxygen atoms in total. The zero-order chi connectivity index (χ0) is 21.7. The molecular formula is C25H39NO4. The maximum atomic E-state index is 13.8. The van der Waals surface area contributed by atoms with Crippen molar-refractivity contribution >= 4 is 17.7 Å². The number of rotatable bonds is 4. The van der Waals surface area contributed by atoms with Crippen molar-refractivity contribution in [3.8, 4) is 0 Å². The summed E-state index contributed by atoms with van der Waals surface area (Å²) in [7, 11) is 1.44. The molecule has 168 valence electrons. The molecule has 3 aliphatic carbocycles. The van der Waals surface area contributed by atoms with Crippen molar-refractivity contribution in [3.63, 3.8) is 0 Å². The van der Waals surface area contributed by atoms with E-state index in [4.69, 9.17) is 4.74 Å². The van der Waals surface area contributed by atoms with Crippen molar-refractivity contribution in [2.75, 3.05) is 13.7 Å². The standard InChI is InChI=1S/C25H39NO4/c1-15(5-10-23(29)30-4)18-8-9-19-17-7-6-16-13-22(28)26-12-11-24(16,2)20(17)14-21(27)25(18,19)3/h15-20H,5-14H2,1-4H3,(H,26,28)/t15-,16-,17+,18-,19+,20+,24+,25-/m1/s1. The number of nitrogens with one attached hydrogen (secondary N) is 1. The smallest absolute Gasteiger partial charge is 0.305 e. The Morgan fingerprint density at radius 2 is 1.90 bits per heavy atom. The van der Waals surface area contributed by atoms with Gasteiger partial charge in [0.2, 0.25) is 5.91 Å². The number of amides is 1. The van der Waals surface area contributed by atoms with E-state index in [1.54, 1.807) is 0 Å². The van der Waals surface area contributed by atoms with Crippen LogP contribution < -0.4 is 5.32 Å². The number of carbonyl (C=O) groups excluding carboxylic acids is 3. The molecule has 0 aromatic rings. The summed E-state index contributed by atoms with van der Waals surface area (Å²) in [6.45, 7) is 7.59. The average molecular weight is 418 g/mol. The van der Waals surface area contributed by atoms with Crippen LogP contribution in [0.4, 0.5) is 0 Å². The third-order valence-corrected chi connectivity index (χ3v) is 10.1. The fourth-order valence-corrected chi connectivity index (χ4v) is 8.32. The van der Waals surface area contributed by atoms with Gasteiger partial charge in [-0.15, -0.1) is 0 Å². The quantitative estimate of drug-likeness (QED) is 0.698. The minimum atomic E-state index is -0.251. The summed E-state index contributed by atoms with van der Waals surface area (Å²) >= 11 is 0. The molecule has 1 aliphatic heterocycles. The van der Waals surface area contributed by atoms with Gasteiger partial charge in [0.25, 0.3) is 0 Å². The summed E-state index contributed by atoms with van der Waals surface area (Å²) < 4.78 is 4.83. The third kappa shape index (κ3) is 3.31. The van der Waals surface area contributed by atoms with Crippen LogP contribution in [0.5, 0.6) is 0 Å². The van der Waals surface area contributed by atoms with E-state index < -0.39 is 0 Å². The molecule has 5 heteroatoms. The van der Waals surface area contributed by atoms with Crippen LogP contribution in [0.2, 0.25) is 0 Å². The van der Waals surface area contributed by atoms with E-state index in [0.29, 0.717) is 60.6 Å². The van der Waals surface area contributed by atoms with E-state index in [9.17, 15) is 14.4 Å². The Labute approximate surface area is 181 Å². The molecule has 0 aromatic carbocycles. The number of hydrogen-bond acceptors (Lipinski definition) is 4. The van der Waals surface area contributed by atoms with Crippen LogP contribution in [-0.4, -0.2) is 31.3 Å². The van der Waals surface area contributed by atoms with Gasteiger partial charge in [-0.3, -0.25) is 14.4 Å². The minimum Gasteiger partial charge on any atom is -0.469 e. The maximum absolute atomic E-state index is 13.8. The lowest BCUT2D eigenvalue weighted by Gasteiger charge is -2.58. The van der Waals surface area contributed by atoms with Crippen molar-refractivity contribution in [3.05, 3.63) is 0 Å². The van der Waals surface area contributed by atoms with Gasteiger partial charge in [-0.25, -0.2) is 0 Å². The Morgan fingerprint density at radius 3 is 2.63 bits per heavy atom. The predicted octanol–water partition coefficient (Wildman–Crippen LogP) is 4.14. The fraction of sp³-hybridized carbons (Fsp3) is 0.880. The number of ether oxygens (including phenoxy) is 1. The molecule has 1 N–H and O–H groups in total. The monoisotopic (exact) mass is 417 g/mol. The predicted molar refractivity (Wildman–Crippen MR) is 114 cm³/mol. The second-order valence-corrected chi connectivity index (χ2v) is 11.1. The van der Waals surface area contributed by atoms with Gasteiger partial charge >= 0.3 is 5.97 Å². The molecule has 4 aliphatic rings. The topological polar surface area (TPSA) is 72.5 Å². The van der Waals surface area contributed by atoms with Crippen LogP contribution in [0, 0.1) is 46.3 Å². The molecule has 1 heterocycles. The van der Waals surface area contributed by atoms with E-state index >= 15 is 0 Å². The van der Waals surface area contributed by atoms with E-state index in [1.807, 2.05) is 0 Å². The summed E-state index contributed by atoms with van der Waals surface area (Å²) in [5.74, 6) is 3.09. The van der Waals surface area contributed by atoms with Gasteiger partial charge in [-0.2, -0.15) is 0 Å². The second kappa shape index (κ2) is 7.94. The molecule has 0 aromatic heterocycles. The van der Waals surface area contributed by atoms with E-state index in [-0.39, 0.29) is 22.7 Å². The Bertz CT molecular complexity index is 720. The van der Waals surface area contributed by atoms with Crippen LogP contribution in [0.25, 0.3) is 0 Å². The van der Waals surface area contributed by atoms with Crippen LogP contribution in [0.3, 0.4) is 0 Å². The number of esters is 1. The van der Waals surface area contributed by atoms with E-state index in [0.717, 1.165) is 45.1 Å². The van der Waals surface area contributed by atoms with Gasteiger partial charge < -0.3 is 10.1 Å². The Morgan fingerprint density at radius 1 is 1.13 bits per heavy atom. The average Bonchev–Trinajstić information content (AvgIpc) is 2.99. The Balaban J connectivity index is 1.56. The first-order chi connectivity index (χ1) is 14.2. The lowest BCUT2D eigenvalue weighted by molar-refractivity contribution is -0.155. The lowest BCUT2D eigenvalue weighted by atomic mass is 9.45. The van der Waals surface area contributed by atoms with Gasteiger partial charge in [0.15, 0.2) is 0 Å². The summed E-state index contributed by atoms with van der Waals surface area (Å²) in [6.07, 6.45) is 8.06. The van der Waals surface area contributed by atoms with Crippen molar-refractivity contribution < 1.29 is 19.1 Å². The molecule has 0 bridgehead atoms. The van der Waals surface area contributed by atoms with Crippen LogP contribution in [0.1, 0.15) is 78.6 Å². The first kappa shape index (κ1) is 21.8. The number of fused-ring (bicyclic) bond motifs is 5. The highest BCUT2D eigenvalue weighted by atomic mass is 16.5. The highest BCUT2D eigenvalue weighted by Gasteiger charge is 2.63. The van der Waals surface area contributed by atoms with E-state index in [2.05, 4.69) is 26.1 Å². The van der Waals surface area contributed by atoms with Crippen molar-refractivity contribution in [2.45, 2.75) is 78.6 Å². The van der Waals surface area contributed by atoms with E-state index in [1.165, 1.54) is 7.11 Å². The zero-order valence-electron chi connectivity index (χ0n) is 19.2. The molecular weight excluding hydrogens is 378 g/mol. The largest absolute Gasteiger partial charge is 0.469 e. The number of Topliss-reactive ketones (excluding diaryl/α,β-unsaturated/α-hetero) is 1. The van der Waals surface area contributed by atoms with Crippen LogP contribution in [0.15, 0.2) is 0 Å². The lowest BCUT2D eigenvalue weighted by Crippen LogP contribution is -2.56.